The summed E-state index contributed by atoms with van der Waals surface area (Å²) in [6.07, 6.45) is 5.20. The summed E-state index contributed by atoms with van der Waals surface area (Å²) in [7, 11) is 0. The molecule has 0 aromatic heterocycles. The summed E-state index contributed by atoms with van der Waals surface area (Å²) >= 11 is 0. The number of carbonyl (C=O) groups is 3. The number of ether oxygens (including phenoxy) is 1. The average molecular weight is 544 g/mol. The van der Waals surface area contributed by atoms with Crippen molar-refractivity contribution in [3.8, 4) is 12.3 Å². The molecule has 0 saturated heterocycles. The van der Waals surface area contributed by atoms with Crippen LogP contribution in [0.25, 0.3) is 10.8 Å². The molecule has 40 heavy (non-hydrogen) atoms. The first-order valence-electron chi connectivity index (χ1n) is 13.3. The van der Waals surface area contributed by atoms with E-state index in [-0.39, 0.29) is 0 Å². The van der Waals surface area contributed by atoms with Crippen molar-refractivity contribution in [2.75, 3.05) is 11.9 Å². The molecule has 0 aliphatic carbocycles. The minimum absolute atomic E-state index is 0.429. The van der Waals surface area contributed by atoms with Crippen molar-refractivity contribution in [2.45, 2.75) is 64.8 Å². The molecule has 0 heterocycles. The molecule has 3 unspecified atom stereocenters. The third-order valence-corrected chi connectivity index (χ3v) is 6.43. The number of hydrogen-bond donors (Lipinski definition) is 3. The number of hydrogen-bond acceptors (Lipinski definition) is 5. The third kappa shape index (κ3) is 7.61. The van der Waals surface area contributed by atoms with E-state index in [2.05, 4.69) is 16.6 Å². The third-order valence-electron chi connectivity index (χ3n) is 6.43. The molecule has 3 amide bonds. The number of rotatable bonds is 9. The quantitative estimate of drug-likeness (QED) is 0.329. The lowest BCUT2D eigenvalue weighted by Crippen LogP contribution is -2.56. The van der Waals surface area contributed by atoms with Gasteiger partial charge in [0.25, 0.3) is 5.91 Å². The molecule has 8 nitrogen and oxygen atoms in total. The summed E-state index contributed by atoms with van der Waals surface area (Å²) in [5.41, 5.74) is 0.916. The van der Waals surface area contributed by atoms with Crippen LogP contribution in [0.4, 0.5) is 10.5 Å². The summed E-state index contributed by atoms with van der Waals surface area (Å²) in [4.78, 5) is 41.8. The van der Waals surface area contributed by atoms with E-state index in [9.17, 15) is 19.5 Å². The molecule has 3 atom stereocenters. The number of amides is 3. The summed E-state index contributed by atoms with van der Waals surface area (Å²) in [5.74, 6) is 1.48. The normalized spacial score (nSPS) is 13.4. The van der Waals surface area contributed by atoms with Gasteiger partial charge in [-0.25, -0.2) is 4.79 Å². The summed E-state index contributed by atoms with van der Waals surface area (Å²) in [6, 6.07) is 17.3. The highest BCUT2D eigenvalue weighted by atomic mass is 16.6. The monoisotopic (exact) mass is 543 g/mol. The van der Waals surface area contributed by atoms with E-state index in [1.165, 1.54) is 4.90 Å². The van der Waals surface area contributed by atoms with Crippen molar-refractivity contribution in [3.63, 3.8) is 0 Å². The molecule has 0 bridgehead atoms. The number of carbonyl (C=O) groups excluding carboxylic acids is 3. The van der Waals surface area contributed by atoms with Crippen molar-refractivity contribution in [1.29, 1.82) is 0 Å². The second-order valence-corrected chi connectivity index (χ2v) is 10.6. The van der Waals surface area contributed by atoms with E-state index >= 15 is 0 Å². The molecular weight excluding hydrogens is 506 g/mol. The largest absolute Gasteiger partial charge is 0.444 e. The van der Waals surface area contributed by atoms with Gasteiger partial charge in [-0.15, -0.1) is 6.42 Å². The first kappa shape index (κ1) is 30.2. The predicted octanol–water partition coefficient (Wildman–Crippen LogP) is 5.01. The van der Waals surface area contributed by atoms with Crippen LogP contribution in [0.1, 0.15) is 58.2 Å². The molecule has 3 aromatic rings. The maximum atomic E-state index is 14.0. The van der Waals surface area contributed by atoms with Crippen LogP contribution in [0.2, 0.25) is 0 Å². The highest BCUT2D eigenvalue weighted by Gasteiger charge is 2.38. The molecule has 0 radical (unpaired) electrons. The molecule has 3 aromatic carbocycles. The van der Waals surface area contributed by atoms with Crippen LogP contribution in [0.5, 0.6) is 0 Å². The smallest absolute Gasteiger partial charge is 0.408 e. The van der Waals surface area contributed by atoms with Gasteiger partial charge >= 0.3 is 6.09 Å². The van der Waals surface area contributed by atoms with Gasteiger partial charge in [0.1, 0.15) is 17.7 Å². The van der Waals surface area contributed by atoms with Gasteiger partial charge in [-0.1, -0.05) is 55.3 Å². The molecule has 0 fully saturated rings. The zero-order valence-electron chi connectivity index (χ0n) is 23.6. The number of terminal acetylenes is 1. The van der Waals surface area contributed by atoms with Gasteiger partial charge in [0.05, 0.1) is 6.61 Å². The van der Waals surface area contributed by atoms with Crippen molar-refractivity contribution < 1.29 is 24.2 Å². The van der Waals surface area contributed by atoms with E-state index in [0.29, 0.717) is 23.2 Å². The van der Waals surface area contributed by atoms with Gasteiger partial charge in [0, 0.05) is 17.3 Å². The first-order chi connectivity index (χ1) is 19.0. The Morgan fingerprint density at radius 1 is 1.02 bits per heavy atom. The molecule has 3 rings (SSSR count). The number of nitrogens with one attached hydrogen (secondary N) is 2. The Morgan fingerprint density at radius 2 is 1.68 bits per heavy atom. The minimum Gasteiger partial charge on any atom is -0.444 e. The zero-order chi connectivity index (χ0) is 29.4. The van der Waals surface area contributed by atoms with E-state index < -0.39 is 48.2 Å². The van der Waals surface area contributed by atoms with Crippen LogP contribution in [-0.2, 0) is 14.3 Å². The van der Waals surface area contributed by atoms with Crippen molar-refractivity contribution >= 4 is 34.4 Å². The fraction of sp³-hybridized carbons (Fsp3) is 0.344. The molecule has 0 aliphatic rings. The summed E-state index contributed by atoms with van der Waals surface area (Å²) < 4.78 is 5.29. The topological polar surface area (TPSA) is 108 Å². The Morgan fingerprint density at radius 3 is 2.25 bits per heavy atom. The standard InChI is InChI=1S/C32H37N3O5/c1-7-21(3)35(30(38)27(20-36)34-31(39)40-32(4,5)6)28(24-15-13-22(8-2)14-16-24)29(37)33-26-18-17-23-11-9-10-12-25(23)19-26/h2,9-19,21,27-28,36H,7,20H2,1,3-6H3,(H,33,37)(H,34,39). The van der Waals surface area contributed by atoms with Gasteiger partial charge in [0.2, 0.25) is 5.91 Å². The maximum Gasteiger partial charge on any atom is 0.408 e. The highest BCUT2D eigenvalue weighted by molar-refractivity contribution is 6.00. The van der Waals surface area contributed by atoms with Gasteiger partial charge in [-0.05, 0) is 74.7 Å². The van der Waals surface area contributed by atoms with Gasteiger partial charge in [-0.3, -0.25) is 9.59 Å². The van der Waals surface area contributed by atoms with E-state index in [4.69, 9.17) is 11.2 Å². The number of nitrogens with zero attached hydrogens (tertiary/aromatic N) is 1. The van der Waals surface area contributed by atoms with Crippen LogP contribution in [0.15, 0.2) is 66.7 Å². The Kier molecular flexibility index (Phi) is 9.92. The minimum atomic E-state index is -1.33. The number of benzene rings is 3. The van der Waals surface area contributed by atoms with Crippen LogP contribution in [0, 0.1) is 12.3 Å². The maximum absolute atomic E-state index is 14.0. The van der Waals surface area contributed by atoms with Crippen molar-refractivity contribution in [2.24, 2.45) is 0 Å². The molecule has 0 spiro atoms. The SMILES string of the molecule is C#Cc1ccc(C(C(=O)Nc2ccc3ccccc3c2)N(C(=O)C(CO)NC(=O)OC(C)(C)C)C(C)CC)cc1. The molecule has 8 heteroatoms. The van der Waals surface area contributed by atoms with Crippen LogP contribution < -0.4 is 10.6 Å². The van der Waals surface area contributed by atoms with E-state index in [1.54, 1.807) is 51.1 Å². The lowest BCUT2D eigenvalue weighted by atomic mass is 9.98. The van der Waals surface area contributed by atoms with Crippen LogP contribution in [0.3, 0.4) is 0 Å². The van der Waals surface area contributed by atoms with Crippen LogP contribution >= 0.6 is 0 Å². The Hall–Kier alpha value is -4.35. The first-order valence-corrected chi connectivity index (χ1v) is 13.3. The summed E-state index contributed by atoms with van der Waals surface area (Å²) in [5, 5.41) is 17.5. The fourth-order valence-corrected chi connectivity index (χ4v) is 4.29. The molecule has 3 N–H and O–H groups in total. The van der Waals surface area contributed by atoms with Crippen molar-refractivity contribution in [1.82, 2.24) is 10.2 Å². The van der Waals surface area contributed by atoms with Crippen LogP contribution in [-0.4, -0.2) is 52.2 Å². The van der Waals surface area contributed by atoms with Gasteiger partial charge < -0.3 is 25.4 Å². The molecule has 210 valence electrons. The lowest BCUT2D eigenvalue weighted by Gasteiger charge is -2.38. The molecule has 0 aliphatic heterocycles. The Bertz CT molecular complexity index is 1390. The van der Waals surface area contributed by atoms with Gasteiger partial charge in [-0.2, -0.15) is 0 Å². The number of fused-ring (bicyclic) bond motifs is 1. The molecule has 0 saturated carbocycles. The summed E-state index contributed by atoms with van der Waals surface area (Å²) in [6.45, 7) is 8.11. The second kappa shape index (κ2) is 13.1. The lowest BCUT2D eigenvalue weighted by molar-refractivity contribution is -0.144. The Balaban J connectivity index is 2.02. The van der Waals surface area contributed by atoms with E-state index in [0.717, 1.165) is 10.8 Å². The van der Waals surface area contributed by atoms with Gasteiger partial charge in [0.15, 0.2) is 0 Å². The zero-order valence-corrected chi connectivity index (χ0v) is 23.6. The molecular formula is C32H37N3O5. The van der Waals surface area contributed by atoms with Crippen molar-refractivity contribution in [3.05, 3.63) is 77.9 Å². The predicted molar refractivity (Wildman–Crippen MR) is 157 cm³/mol. The highest BCUT2D eigenvalue weighted by Crippen LogP contribution is 2.29. The average Bonchev–Trinajstić information content (AvgIpc) is 2.92. The fourth-order valence-electron chi connectivity index (χ4n) is 4.29. The second-order valence-electron chi connectivity index (χ2n) is 10.6. The van der Waals surface area contributed by atoms with E-state index in [1.807, 2.05) is 50.2 Å². The number of alkyl carbamates (subject to hydrolysis) is 1. The number of aliphatic hydroxyl groups excluding tert-OH is 1. The number of aliphatic hydroxyl groups is 1. The number of anilines is 1. The Labute approximate surface area is 235 Å².